The van der Waals surface area contributed by atoms with Crippen LogP contribution in [0.3, 0.4) is 0 Å². The smallest absolute Gasteiger partial charge is 0.298 e. The predicted molar refractivity (Wildman–Crippen MR) is 27.4 cm³/mol. The van der Waals surface area contributed by atoms with E-state index in [9.17, 15) is 10.1 Å². The zero-order chi connectivity index (χ0) is 6.69. The van der Waals surface area contributed by atoms with Gasteiger partial charge >= 0.3 is 0 Å². The fourth-order valence-electron chi connectivity index (χ4n) is 0.389. The summed E-state index contributed by atoms with van der Waals surface area (Å²) < 4.78 is 0. The van der Waals surface area contributed by atoms with Crippen LogP contribution in [-0.4, -0.2) is 15.0 Å². The topological polar surface area (TPSA) is 85.9 Å². The van der Waals surface area contributed by atoms with E-state index in [4.69, 9.17) is 0 Å². The van der Waals surface area contributed by atoms with Crippen LogP contribution in [-0.2, 0) is 0 Å². The maximum Gasteiger partial charge on any atom is 0.298 e. The minimum absolute atomic E-state index is 0.0139. The monoisotopic (exact) mass is 127 g/mol. The quantitative estimate of drug-likeness (QED) is 0.442. The number of aromatic nitrogens is 2. The Labute approximate surface area is 50.0 Å². The van der Waals surface area contributed by atoms with Gasteiger partial charge in [-0.3, -0.25) is 0 Å². The lowest BCUT2D eigenvalue weighted by Gasteiger charge is -1.80. The molecule has 0 aliphatic carbocycles. The molecule has 1 N–H and O–H groups in total. The van der Waals surface area contributed by atoms with Crippen molar-refractivity contribution in [2.75, 3.05) is 0 Å². The Morgan fingerprint density at radius 1 is 1.89 bits per heavy atom. The molecule has 0 saturated carbocycles. The molecular formula is C3H3N4O2. The van der Waals surface area contributed by atoms with Crippen molar-refractivity contribution in [2.24, 2.45) is 0 Å². The molecule has 0 aromatic carbocycles. The molecule has 0 saturated heterocycles. The van der Waals surface area contributed by atoms with Gasteiger partial charge in [0, 0.05) is 12.4 Å². The van der Waals surface area contributed by atoms with Gasteiger partial charge in [-0.25, -0.2) is 15.1 Å². The van der Waals surface area contributed by atoms with Gasteiger partial charge in [-0.1, -0.05) is 0 Å². The molecule has 0 spiro atoms. The highest BCUT2D eigenvalue weighted by Crippen LogP contribution is 1.92. The Morgan fingerprint density at radius 2 is 2.67 bits per heavy atom. The predicted octanol–water partition coefficient (Wildman–Crippen LogP) is -0.163. The fourth-order valence-corrected chi connectivity index (χ4v) is 0.389. The standard InChI is InChI=1S/C3H3N4O2/c8-7(9)6-3-4-1-2-5-3/h1-2H,(H,4,5). The summed E-state index contributed by atoms with van der Waals surface area (Å²) in [7, 11) is 0. The zero-order valence-corrected chi connectivity index (χ0v) is 4.31. The molecule has 0 aliphatic heterocycles. The van der Waals surface area contributed by atoms with Crippen LogP contribution in [0.25, 0.3) is 0 Å². The summed E-state index contributed by atoms with van der Waals surface area (Å²) in [6.07, 6.45) is 2.85. The summed E-state index contributed by atoms with van der Waals surface area (Å²) in [4.78, 5) is 15.6. The zero-order valence-electron chi connectivity index (χ0n) is 4.31. The lowest BCUT2D eigenvalue weighted by molar-refractivity contribution is -0.536. The number of nitrogens with zero attached hydrogens (tertiary/aromatic N) is 3. The molecular weight excluding hydrogens is 124 g/mol. The summed E-state index contributed by atoms with van der Waals surface area (Å²) in [5, 5.41) is 8.84. The van der Waals surface area contributed by atoms with Gasteiger partial charge < -0.3 is 4.98 Å². The number of hydrogen-bond acceptors (Lipinski definition) is 3. The number of hydrogen-bond donors (Lipinski definition) is 1. The third-order valence-corrected chi connectivity index (χ3v) is 0.660. The molecule has 0 atom stereocenters. The van der Waals surface area contributed by atoms with Crippen molar-refractivity contribution < 1.29 is 5.03 Å². The van der Waals surface area contributed by atoms with Gasteiger partial charge in [0.05, 0.1) is 0 Å². The SMILES string of the molecule is O=[N+]([O-])[N]c1ncc[nH]1. The molecule has 6 nitrogen and oxygen atoms in total. The second-order valence-corrected chi connectivity index (χ2v) is 1.25. The number of nitro groups is 1. The normalized spacial score (nSPS) is 8.89. The summed E-state index contributed by atoms with van der Waals surface area (Å²) in [5.41, 5.74) is 2.88. The second-order valence-electron chi connectivity index (χ2n) is 1.25. The second kappa shape index (κ2) is 2.12. The highest BCUT2D eigenvalue weighted by atomic mass is 16.7. The van der Waals surface area contributed by atoms with Gasteiger partial charge in [-0.2, -0.15) is 0 Å². The van der Waals surface area contributed by atoms with Gasteiger partial charge in [-0.15, -0.1) is 0 Å². The van der Waals surface area contributed by atoms with E-state index in [2.05, 4.69) is 15.4 Å². The first-order valence-corrected chi connectivity index (χ1v) is 2.14. The fraction of sp³-hybridized carbons (Fsp3) is 0. The highest BCUT2D eigenvalue weighted by Gasteiger charge is 2.03. The molecule has 1 aromatic heterocycles. The highest BCUT2D eigenvalue weighted by molar-refractivity contribution is 5.07. The molecule has 47 valence electrons. The number of aromatic amines is 1. The van der Waals surface area contributed by atoms with Gasteiger partial charge in [-0.05, 0) is 0 Å². The molecule has 1 rings (SSSR count). The van der Waals surface area contributed by atoms with Crippen LogP contribution in [0.1, 0.15) is 0 Å². The van der Waals surface area contributed by atoms with Crippen LogP contribution in [0.2, 0.25) is 0 Å². The number of nitrogens with one attached hydrogen (secondary N) is 1. The van der Waals surface area contributed by atoms with Crippen molar-refractivity contribution in [3.63, 3.8) is 0 Å². The Morgan fingerprint density at radius 3 is 3.11 bits per heavy atom. The third kappa shape index (κ3) is 1.41. The summed E-state index contributed by atoms with van der Waals surface area (Å²) in [6, 6.07) is 0. The third-order valence-electron chi connectivity index (χ3n) is 0.660. The van der Waals surface area contributed by atoms with E-state index in [0.717, 1.165) is 0 Å². The van der Waals surface area contributed by atoms with Crippen LogP contribution in [0, 0.1) is 10.1 Å². The molecule has 0 amide bonds. The molecule has 0 aliphatic rings. The Balaban J connectivity index is 2.58. The van der Waals surface area contributed by atoms with Crippen LogP contribution in [0.5, 0.6) is 0 Å². The van der Waals surface area contributed by atoms with Gasteiger partial charge in [0.1, 0.15) is 5.43 Å². The molecule has 1 heterocycles. The van der Waals surface area contributed by atoms with Crippen LogP contribution < -0.4 is 5.43 Å². The van der Waals surface area contributed by atoms with Crippen molar-refractivity contribution in [3.8, 4) is 0 Å². The van der Waals surface area contributed by atoms with E-state index < -0.39 is 5.03 Å². The summed E-state index contributed by atoms with van der Waals surface area (Å²) in [6.45, 7) is 0. The van der Waals surface area contributed by atoms with E-state index in [-0.39, 0.29) is 5.95 Å². The van der Waals surface area contributed by atoms with Crippen LogP contribution in [0.15, 0.2) is 12.4 Å². The van der Waals surface area contributed by atoms with Crippen molar-refractivity contribution in [2.45, 2.75) is 0 Å². The van der Waals surface area contributed by atoms with E-state index in [1.54, 1.807) is 0 Å². The number of H-pyrrole nitrogens is 1. The Bertz CT molecular complexity index is 194. The molecule has 1 aromatic rings. The Hall–Kier alpha value is -1.59. The maximum absolute atomic E-state index is 9.65. The first-order chi connectivity index (χ1) is 4.29. The average molecular weight is 127 g/mol. The lowest BCUT2D eigenvalue weighted by atomic mass is 11.0. The van der Waals surface area contributed by atoms with Crippen molar-refractivity contribution in [1.29, 1.82) is 0 Å². The molecule has 0 fully saturated rings. The minimum atomic E-state index is -0.807. The largest absolute Gasteiger partial charge is 0.324 e. The van der Waals surface area contributed by atoms with E-state index in [0.29, 0.717) is 0 Å². The summed E-state index contributed by atoms with van der Waals surface area (Å²) in [5.74, 6) is 0.0139. The van der Waals surface area contributed by atoms with Crippen molar-refractivity contribution in [3.05, 3.63) is 22.5 Å². The first kappa shape index (κ1) is 5.54. The minimum Gasteiger partial charge on any atom is -0.324 e. The molecule has 6 heteroatoms. The van der Waals surface area contributed by atoms with E-state index in [1.807, 2.05) is 0 Å². The average Bonchev–Trinajstić information content (AvgIpc) is 2.15. The molecule has 0 bridgehead atoms. The molecule has 0 unspecified atom stereocenters. The van der Waals surface area contributed by atoms with Crippen LogP contribution in [0.4, 0.5) is 5.95 Å². The maximum atomic E-state index is 9.65. The van der Waals surface area contributed by atoms with Crippen molar-refractivity contribution >= 4 is 5.95 Å². The first-order valence-electron chi connectivity index (χ1n) is 2.14. The van der Waals surface area contributed by atoms with E-state index in [1.165, 1.54) is 12.4 Å². The van der Waals surface area contributed by atoms with Gasteiger partial charge in [0.2, 0.25) is 0 Å². The summed E-state index contributed by atoms with van der Waals surface area (Å²) >= 11 is 0. The molecule has 9 heavy (non-hydrogen) atoms. The van der Waals surface area contributed by atoms with Crippen LogP contribution >= 0.6 is 0 Å². The van der Waals surface area contributed by atoms with Gasteiger partial charge in [0.25, 0.3) is 5.95 Å². The number of rotatable bonds is 2. The number of imidazole rings is 1. The van der Waals surface area contributed by atoms with Crippen molar-refractivity contribution in [1.82, 2.24) is 15.4 Å². The van der Waals surface area contributed by atoms with Gasteiger partial charge in [0.15, 0.2) is 5.03 Å². The lowest BCUT2D eigenvalue weighted by Crippen LogP contribution is -2.07. The molecule has 1 radical (unpaired) electrons. The Kier molecular flexibility index (Phi) is 1.31. The van der Waals surface area contributed by atoms with E-state index >= 15 is 0 Å².